The van der Waals surface area contributed by atoms with Crippen molar-refractivity contribution >= 4 is 40.7 Å². The Hall–Kier alpha value is -4.17. The Morgan fingerprint density at radius 3 is 1.31 bits per heavy atom. The van der Waals surface area contributed by atoms with Crippen LogP contribution in [0, 0.1) is 0 Å². The summed E-state index contributed by atoms with van der Waals surface area (Å²) in [6, 6.07) is 34.9. The van der Waals surface area contributed by atoms with E-state index in [4.69, 9.17) is 18.1 Å². The summed E-state index contributed by atoms with van der Waals surface area (Å²) in [4.78, 5) is 27.3. The van der Waals surface area contributed by atoms with Crippen LogP contribution in [0.5, 0.6) is 0 Å². The molecule has 0 amide bonds. The topological polar surface area (TPSA) is 146 Å². The van der Waals surface area contributed by atoms with Crippen molar-refractivity contribution in [3.63, 3.8) is 0 Å². The van der Waals surface area contributed by atoms with Crippen LogP contribution < -0.4 is 10.4 Å². The van der Waals surface area contributed by atoms with Crippen molar-refractivity contribution in [1.82, 2.24) is 0 Å². The summed E-state index contributed by atoms with van der Waals surface area (Å²) in [6.07, 6.45) is -5.88. The third kappa shape index (κ3) is 9.29. The predicted octanol–water partition coefficient (Wildman–Crippen LogP) is 3.71. The van der Waals surface area contributed by atoms with Gasteiger partial charge in [0.15, 0.2) is 12.2 Å². The van der Waals surface area contributed by atoms with Gasteiger partial charge in [-0.05, 0) is 39.7 Å². The Morgan fingerprint density at radius 2 is 0.980 bits per heavy atom. The average Bonchev–Trinajstić information content (AvgIpc) is 3.10. The number of hydrogen-bond donors (Lipinski definition) is 2. The summed E-state index contributed by atoms with van der Waals surface area (Å²) < 4.78 is 49.2. The fourth-order valence-electron chi connectivity index (χ4n) is 5.78. The van der Waals surface area contributed by atoms with E-state index in [0.29, 0.717) is 0 Å². The second-order valence-corrected chi connectivity index (χ2v) is 18.3. The maximum Gasteiger partial charge on any atom is 0.338 e. The summed E-state index contributed by atoms with van der Waals surface area (Å²) in [6.45, 7) is 4.31. The van der Waals surface area contributed by atoms with Crippen molar-refractivity contribution in [2.45, 2.75) is 50.2 Å². The number of carbonyl (C=O) groups is 2. The zero-order valence-electron chi connectivity index (χ0n) is 27.8. The van der Waals surface area contributed by atoms with Crippen molar-refractivity contribution < 1.29 is 46.3 Å². The minimum Gasteiger partial charge on any atom is -0.452 e. The second kappa shape index (κ2) is 16.5. The SMILES string of the molecule is CC(C)(C)[Si](O[C@H](CO)[C@@H](OC(=O)c1ccccc1)[C@H](OC(=O)c1ccccc1)[C@@H](CO)OS(C)(=O)=O)(c1ccccc1)c1ccccc1. The van der Waals surface area contributed by atoms with Crippen molar-refractivity contribution in [3.8, 4) is 0 Å². The molecule has 12 heteroatoms. The first-order valence-corrected chi connectivity index (χ1v) is 19.4. The number of aliphatic hydroxyl groups is 2. The van der Waals surface area contributed by atoms with Crippen LogP contribution in [0.15, 0.2) is 121 Å². The van der Waals surface area contributed by atoms with E-state index >= 15 is 0 Å². The van der Waals surface area contributed by atoms with Crippen molar-refractivity contribution in [3.05, 3.63) is 132 Å². The van der Waals surface area contributed by atoms with Gasteiger partial charge in [-0.25, -0.2) is 9.59 Å². The third-order valence-corrected chi connectivity index (χ3v) is 13.6. The van der Waals surface area contributed by atoms with Crippen molar-refractivity contribution in [2.24, 2.45) is 0 Å². The molecule has 10 nitrogen and oxygen atoms in total. The van der Waals surface area contributed by atoms with E-state index in [-0.39, 0.29) is 11.1 Å². The maximum atomic E-state index is 13.7. The third-order valence-electron chi connectivity index (χ3n) is 7.97. The molecule has 0 spiro atoms. The summed E-state index contributed by atoms with van der Waals surface area (Å²) in [7, 11) is -7.74. The highest BCUT2D eigenvalue weighted by molar-refractivity contribution is 7.86. The molecule has 0 aromatic heterocycles. The molecule has 0 aliphatic rings. The van der Waals surface area contributed by atoms with Gasteiger partial charge in [-0.1, -0.05) is 118 Å². The fraction of sp³-hybridized carbons (Fsp3) is 0.297. The molecule has 0 aliphatic heterocycles. The number of ether oxygens (including phenoxy) is 2. The molecule has 0 bridgehead atoms. The summed E-state index contributed by atoms with van der Waals surface area (Å²) in [5, 5.41) is 22.7. The van der Waals surface area contributed by atoms with E-state index in [1.165, 1.54) is 24.3 Å². The number of benzene rings is 4. The molecule has 0 fully saturated rings. The smallest absolute Gasteiger partial charge is 0.338 e. The highest BCUT2D eigenvalue weighted by Gasteiger charge is 2.54. The summed E-state index contributed by atoms with van der Waals surface area (Å²) in [5.41, 5.74) is 0.234. The van der Waals surface area contributed by atoms with E-state index in [1.807, 2.05) is 81.4 Å². The minimum atomic E-state index is -4.26. The first kappa shape index (κ1) is 37.6. The lowest BCUT2D eigenvalue weighted by molar-refractivity contribution is -0.122. The van der Waals surface area contributed by atoms with Crippen LogP contribution in [0.1, 0.15) is 41.5 Å². The van der Waals surface area contributed by atoms with Gasteiger partial charge in [-0.15, -0.1) is 0 Å². The molecule has 0 radical (unpaired) electrons. The van der Waals surface area contributed by atoms with E-state index in [9.17, 15) is 28.2 Å². The molecule has 260 valence electrons. The first-order chi connectivity index (χ1) is 23.3. The van der Waals surface area contributed by atoms with E-state index in [2.05, 4.69) is 0 Å². The Morgan fingerprint density at radius 1 is 0.633 bits per heavy atom. The number of aliphatic hydroxyl groups excluding tert-OH is 2. The summed E-state index contributed by atoms with van der Waals surface area (Å²) >= 11 is 0. The fourth-order valence-corrected chi connectivity index (χ4v) is 11.1. The Labute approximate surface area is 288 Å². The lowest BCUT2D eigenvalue weighted by Crippen LogP contribution is -2.69. The lowest BCUT2D eigenvalue weighted by atomic mass is 10.0. The molecule has 4 atom stereocenters. The van der Waals surface area contributed by atoms with Crippen molar-refractivity contribution in [2.75, 3.05) is 19.5 Å². The van der Waals surface area contributed by atoms with Gasteiger partial charge >= 0.3 is 11.9 Å². The van der Waals surface area contributed by atoms with Crippen molar-refractivity contribution in [1.29, 1.82) is 0 Å². The molecule has 4 aromatic rings. The van der Waals surface area contributed by atoms with Gasteiger partial charge in [-0.3, -0.25) is 4.18 Å². The summed E-state index contributed by atoms with van der Waals surface area (Å²) in [5.74, 6) is -1.78. The molecule has 0 saturated carbocycles. The molecule has 2 N–H and O–H groups in total. The predicted molar refractivity (Wildman–Crippen MR) is 188 cm³/mol. The van der Waals surface area contributed by atoms with Crippen LogP contribution in [0.3, 0.4) is 0 Å². The number of rotatable bonds is 15. The second-order valence-electron chi connectivity index (χ2n) is 12.5. The van der Waals surface area contributed by atoms with Gasteiger partial charge in [0.1, 0.15) is 12.2 Å². The van der Waals surface area contributed by atoms with Gasteiger partial charge in [0.05, 0.1) is 30.6 Å². The number of hydrogen-bond acceptors (Lipinski definition) is 10. The van der Waals surface area contributed by atoms with Crippen LogP contribution in [-0.2, 0) is 28.2 Å². The zero-order valence-corrected chi connectivity index (χ0v) is 29.7. The molecule has 0 unspecified atom stereocenters. The number of carbonyl (C=O) groups excluding carboxylic acids is 2. The monoisotopic (exact) mass is 706 g/mol. The first-order valence-electron chi connectivity index (χ1n) is 15.7. The Bertz CT molecular complexity index is 1710. The van der Waals surface area contributed by atoms with Crippen LogP contribution in [-0.4, -0.2) is 82.8 Å². The average molecular weight is 707 g/mol. The molecule has 4 rings (SSSR count). The zero-order chi connectivity index (χ0) is 35.7. The molecular formula is C37H42O10SSi. The molecule has 49 heavy (non-hydrogen) atoms. The van der Waals surface area contributed by atoms with Crippen LogP contribution >= 0.6 is 0 Å². The van der Waals surface area contributed by atoms with E-state index < -0.39 is 73.0 Å². The van der Waals surface area contributed by atoms with Gasteiger partial charge in [0, 0.05) is 0 Å². The van der Waals surface area contributed by atoms with Gasteiger partial charge in [-0.2, -0.15) is 8.42 Å². The molecule has 0 aliphatic carbocycles. The molecule has 0 heterocycles. The lowest BCUT2D eigenvalue weighted by Gasteiger charge is -2.46. The maximum absolute atomic E-state index is 13.7. The van der Waals surface area contributed by atoms with Gasteiger partial charge in [0.25, 0.3) is 18.4 Å². The van der Waals surface area contributed by atoms with Crippen LogP contribution in [0.25, 0.3) is 0 Å². The normalized spacial score (nSPS) is 14.7. The van der Waals surface area contributed by atoms with Crippen LogP contribution in [0.4, 0.5) is 0 Å². The largest absolute Gasteiger partial charge is 0.452 e. The highest BCUT2D eigenvalue weighted by atomic mass is 32.2. The minimum absolute atomic E-state index is 0.102. The Kier molecular flexibility index (Phi) is 12.7. The molecular weight excluding hydrogens is 665 g/mol. The van der Waals surface area contributed by atoms with Crippen LogP contribution in [0.2, 0.25) is 5.04 Å². The Balaban J connectivity index is 1.94. The van der Waals surface area contributed by atoms with E-state index in [0.717, 1.165) is 16.6 Å². The van der Waals surface area contributed by atoms with Gasteiger partial charge in [0.2, 0.25) is 0 Å². The molecule has 0 saturated heterocycles. The standard InChI is InChI=1S/C37H42O10SSi/c1-37(2,3)49(29-21-13-7-14-22-29,30-23-15-8-16-24-30)47-32(26-39)34(45-36(41)28-19-11-6-12-20-28)33(31(25-38)46-48(4,42)43)44-35(40)27-17-9-5-10-18-27/h5-24,31-34,38-39H,25-26H2,1-4H3/t31-,32-,33-,34-/m1/s1. The quantitative estimate of drug-likeness (QED) is 0.107. The molecule has 4 aromatic carbocycles. The van der Waals surface area contributed by atoms with E-state index in [1.54, 1.807) is 36.4 Å². The number of esters is 2. The van der Waals surface area contributed by atoms with Gasteiger partial charge < -0.3 is 24.1 Å². The highest BCUT2D eigenvalue weighted by Crippen LogP contribution is 2.38.